The number of methoxy groups -OCH3 is 2. The molecule has 1 aromatic rings. The van der Waals surface area contributed by atoms with Crippen LogP contribution in [0.5, 0.6) is 11.8 Å². The molecule has 2 heterocycles. The van der Waals surface area contributed by atoms with E-state index in [1.165, 1.54) is 0 Å². The van der Waals surface area contributed by atoms with Gasteiger partial charge in [0.15, 0.2) is 0 Å². The van der Waals surface area contributed by atoms with E-state index in [9.17, 15) is 0 Å². The van der Waals surface area contributed by atoms with Crippen molar-refractivity contribution >= 4 is 0 Å². The third-order valence-corrected chi connectivity index (χ3v) is 3.53. The lowest BCUT2D eigenvalue weighted by Crippen LogP contribution is -2.33. The summed E-state index contributed by atoms with van der Waals surface area (Å²) < 4.78 is 16.2. The summed E-state index contributed by atoms with van der Waals surface area (Å²) in [7, 11) is 5.03. The predicted octanol–water partition coefficient (Wildman–Crippen LogP) is 1.18. The first-order chi connectivity index (χ1) is 9.21. The van der Waals surface area contributed by atoms with Gasteiger partial charge in [0, 0.05) is 6.61 Å². The maximum Gasteiger partial charge on any atom is 0.240 e. The molecule has 0 aliphatic carbocycles. The molecule has 0 bridgehead atoms. The molecule has 1 aromatic heterocycles. The molecular formula is C13H21N3O3. The summed E-state index contributed by atoms with van der Waals surface area (Å²) in [6, 6.07) is -0.0362. The highest BCUT2D eigenvalue weighted by Crippen LogP contribution is 2.33. The third-order valence-electron chi connectivity index (χ3n) is 3.53. The van der Waals surface area contributed by atoms with Crippen LogP contribution in [0.4, 0.5) is 0 Å². The molecule has 0 saturated carbocycles. The van der Waals surface area contributed by atoms with E-state index in [0.29, 0.717) is 17.7 Å². The van der Waals surface area contributed by atoms with Crippen molar-refractivity contribution in [2.75, 3.05) is 27.9 Å². The quantitative estimate of drug-likeness (QED) is 0.864. The molecule has 0 amide bonds. The lowest BCUT2D eigenvalue weighted by atomic mass is 9.95. The Labute approximate surface area is 113 Å². The standard InChI is InChI=1S/C13H21N3O3/c1-8-5-6-19-12(8)10(14-2)11-13(18-4)16-9(17-3)7-15-11/h7-8,10,12,14H,5-6H2,1-4H3. The highest BCUT2D eigenvalue weighted by atomic mass is 16.5. The van der Waals surface area contributed by atoms with Crippen LogP contribution in [0.25, 0.3) is 0 Å². The zero-order valence-electron chi connectivity index (χ0n) is 11.8. The van der Waals surface area contributed by atoms with Crippen LogP contribution in [0.2, 0.25) is 0 Å². The van der Waals surface area contributed by atoms with Gasteiger partial charge in [0.25, 0.3) is 0 Å². The number of likely N-dealkylation sites (N-methyl/N-ethyl adjacent to an activating group) is 1. The van der Waals surface area contributed by atoms with Gasteiger partial charge in [-0.3, -0.25) is 0 Å². The zero-order valence-corrected chi connectivity index (χ0v) is 11.8. The number of aromatic nitrogens is 2. The van der Waals surface area contributed by atoms with Crippen molar-refractivity contribution in [2.45, 2.75) is 25.5 Å². The van der Waals surface area contributed by atoms with Crippen molar-refractivity contribution in [3.63, 3.8) is 0 Å². The summed E-state index contributed by atoms with van der Waals surface area (Å²) >= 11 is 0. The van der Waals surface area contributed by atoms with Crippen molar-refractivity contribution < 1.29 is 14.2 Å². The van der Waals surface area contributed by atoms with E-state index in [1.54, 1.807) is 20.4 Å². The van der Waals surface area contributed by atoms with E-state index in [2.05, 4.69) is 22.2 Å². The summed E-state index contributed by atoms with van der Waals surface area (Å²) in [6.07, 6.45) is 2.75. The van der Waals surface area contributed by atoms with Crippen LogP contribution in [0, 0.1) is 5.92 Å². The Morgan fingerprint density at radius 2 is 2.21 bits per heavy atom. The lowest BCUT2D eigenvalue weighted by Gasteiger charge is -2.26. The fraction of sp³-hybridized carbons (Fsp3) is 0.692. The molecule has 1 aliphatic heterocycles. The molecule has 3 atom stereocenters. The van der Waals surface area contributed by atoms with Crippen LogP contribution in [0.3, 0.4) is 0 Å². The molecular weight excluding hydrogens is 246 g/mol. The molecule has 1 saturated heterocycles. The van der Waals surface area contributed by atoms with Gasteiger partial charge in [-0.2, -0.15) is 4.98 Å². The average molecular weight is 267 g/mol. The minimum atomic E-state index is -0.0362. The van der Waals surface area contributed by atoms with Gasteiger partial charge < -0.3 is 19.5 Å². The van der Waals surface area contributed by atoms with Gasteiger partial charge >= 0.3 is 0 Å². The fourth-order valence-corrected chi connectivity index (χ4v) is 2.43. The second kappa shape index (κ2) is 6.16. The van der Waals surface area contributed by atoms with Gasteiger partial charge in [0.1, 0.15) is 5.69 Å². The molecule has 106 valence electrons. The highest BCUT2D eigenvalue weighted by molar-refractivity contribution is 5.27. The lowest BCUT2D eigenvalue weighted by molar-refractivity contribution is 0.0607. The second-order valence-electron chi connectivity index (χ2n) is 4.67. The van der Waals surface area contributed by atoms with Crippen LogP contribution >= 0.6 is 0 Å². The second-order valence-corrected chi connectivity index (χ2v) is 4.67. The zero-order chi connectivity index (χ0) is 13.8. The molecule has 1 fully saturated rings. The van der Waals surface area contributed by atoms with E-state index >= 15 is 0 Å². The van der Waals surface area contributed by atoms with E-state index in [-0.39, 0.29) is 12.1 Å². The summed E-state index contributed by atoms with van der Waals surface area (Å²) in [4.78, 5) is 8.69. The Balaban J connectivity index is 2.31. The number of nitrogens with one attached hydrogen (secondary N) is 1. The van der Waals surface area contributed by atoms with Crippen molar-refractivity contribution in [1.82, 2.24) is 15.3 Å². The van der Waals surface area contributed by atoms with Gasteiger partial charge in [0.2, 0.25) is 11.8 Å². The largest absolute Gasteiger partial charge is 0.480 e. The predicted molar refractivity (Wildman–Crippen MR) is 70.5 cm³/mol. The van der Waals surface area contributed by atoms with Crippen molar-refractivity contribution in [3.8, 4) is 11.8 Å². The van der Waals surface area contributed by atoms with Crippen molar-refractivity contribution in [1.29, 1.82) is 0 Å². The number of hydrogen-bond donors (Lipinski definition) is 1. The molecule has 1 aliphatic rings. The molecule has 2 rings (SSSR count). The normalized spacial score (nSPS) is 24.2. The monoisotopic (exact) mass is 267 g/mol. The Hall–Kier alpha value is -1.40. The van der Waals surface area contributed by atoms with Gasteiger partial charge in [-0.15, -0.1) is 0 Å². The van der Waals surface area contributed by atoms with Gasteiger partial charge in [-0.25, -0.2) is 4.98 Å². The number of rotatable bonds is 5. The number of ether oxygens (including phenoxy) is 3. The van der Waals surface area contributed by atoms with Gasteiger partial charge in [-0.05, 0) is 19.4 Å². The summed E-state index contributed by atoms with van der Waals surface area (Å²) in [6.45, 7) is 2.97. The Morgan fingerprint density at radius 1 is 1.42 bits per heavy atom. The van der Waals surface area contributed by atoms with E-state index in [4.69, 9.17) is 14.2 Å². The van der Waals surface area contributed by atoms with Crippen LogP contribution in [0.1, 0.15) is 25.1 Å². The molecule has 0 spiro atoms. The van der Waals surface area contributed by atoms with E-state index in [1.807, 2.05) is 7.05 Å². The maximum atomic E-state index is 5.81. The Morgan fingerprint density at radius 3 is 2.74 bits per heavy atom. The third kappa shape index (κ3) is 2.79. The Kier molecular flexibility index (Phi) is 4.55. The summed E-state index contributed by atoms with van der Waals surface area (Å²) in [5.74, 6) is 1.39. The van der Waals surface area contributed by atoms with Gasteiger partial charge in [0.05, 0.1) is 32.6 Å². The first kappa shape index (κ1) is 14.0. The SMILES string of the molecule is CNC(c1ncc(OC)nc1OC)C1OCCC1C. The topological polar surface area (TPSA) is 65.5 Å². The molecule has 6 heteroatoms. The maximum absolute atomic E-state index is 5.81. The van der Waals surface area contributed by atoms with E-state index in [0.717, 1.165) is 18.7 Å². The van der Waals surface area contributed by atoms with Crippen molar-refractivity contribution in [2.24, 2.45) is 5.92 Å². The Bertz CT molecular complexity index is 428. The fourth-order valence-electron chi connectivity index (χ4n) is 2.43. The molecule has 1 N–H and O–H groups in total. The number of nitrogens with zero attached hydrogens (tertiary/aromatic N) is 2. The highest BCUT2D eigenvalue weighted by Gasteiger charge is 2.35. The van der Waals surface area contributed by atoms with Crippen LogP contribution in [0.15, 0.2) is 6.20 Å². The first-order valence-electron chi connectivity index (χ1n) is 6.45. The van der Waals surface area contributed by atoms with Gasteiger partial charge in [-0.1, -0.05) is 6.92 Å². The van der Waals surface area contributed by atoms with Crippen molar-refractivity contribution in [3.05, 3.63) is 11.9 Å². The molecule has 0 aromatic carbocycles. The summed E-state index contributed by atoms with van der Waals surface area (Å²) in [5, 5.41) is 3.25. The average Bonchev–Trinajstić information content (AvgIpc) is 2.86. The van der Waals surface area contributed by atoms with Crippen LogP contribution in [-0.2, 0) is 4.74 Å². The molecule has 6 nitrogen and oxygen atoms in total. The smallest absolute Gasteiger partial charge is 0.240 e. The molecule has 19 heavy (non-hydrogen) atoms. The summed E-state index contributed by atoms with van der Waals surface area (Å²) in [5.41, 5.74) is 0.754. The number of hydrogen-bond acceptors (Lipinski definition) is 6. The van der Waals surface area contributed by atoms with Crippen LogP contribution in [-0.4, -0.2) is 43.9 Å². The van der Waals surface area contributed by atoms with E-state index < -0.39 is 0 Å². The molecule has 0 radical (unpaired) electrons. The minimum absolute atomic E-state index is 0.0362. The first-order valence-corrected chi connectivity index (χ1v) is 6.45. The molecule has 3 unspecified atom stereocenters. The minimum Gasteiger partial charge on any atom is -0.480 e. The van der Waals surface area contributed by atoms with Crippen LogP contribution < -0.4 is 14.8 Å².